The largest absolute Gasteiger partial charge is 0.336 e. The van der Waals surface area contributed by atoms with E-state index in [0.717, 1.165) is 76.2 Å². The lowest BCUT2D eigenvalue weighted by Gasteiger charge is -2.32. The Morgan fingerprint density at radius 3 is 2.79 bits per heavy atom. The third-order valence-corrected chi connectivity index (χ3v) is 6.33. The Hall–Kier alpha value is -2.25. The minimum Gasteiger partial charge on any atom is -0.336 e. The fraction of sp³-hybridized carbons (Fsp3) is 0.524. The molecule has 3 aliphatic rings. The minimum atomic E-state index is -0.307. The summed E-state index contributed by atoms with van der Waals surface area (Å²) in [4.78, 5) is 17.7. The molecule has 148 valence electrons. The van der Waals surface area contributed by atoms with E-state index in [1.807, 2.05) is 11.0 Å². The van der Waals surface area contributed by atoms with Crippen LogP contribution in [0.25, 0.3) is 5.69 Å². The van der Waals surface area contributed by atoms with Gasteiger partial charge in [-0.05, 0) is 37.8 Å². The molecule has 1 aromatic heterocycles. The van der Waals surface area contributed by atoms with Crippen molar-refractivity contribution >= 4 is 5.91 Å². The molecule has 0 spiro atoms. The molecule has 2 saturated heterocycles. The minimum absolute atomic E-state index is 0.00544. The van der Waals surface area contributed by atoms with Crippen LogP contribution in [-0.2, 0) is 12.8 Å². The van der Waals surface area contributed by atoms with Crippen LogP contribution in [0.5, 0.6) is 0 Å². The molecule has 0 radical (unpaired) electrons. The van der Waals surface area contributed by atoms with Gasteiger partial charge in [0.25, 0.3) is 5.91 Å². The van der Waals surface area contributed by atoms with Crippen LogP contribution in [0.1, 0.15) is 34.6 Å². The van der Waals surface area contributed by atoms with E-state index in [1.165, 1.54) is 6.07 Å². The number of rotatable bonds is 3. The van der Waals surface area contributed by atoms with E-state index < -0.39 is 0 Å². The lowest BCUT2D eigenvalue weighted by atomic mass is 10.2. The summed E-state index contributed by atoms with van der Waals surface area (Å²) < 4.78 is 16.0. The van der Waals surface area contributed by atoms with Crippen molar-refractivity contribution in [2.75, 3.05) is 39.3 Å². The molecule has 1 unspecified atom stereocenters. The summed E-state index contributed by atoms with van der Waals surface area (Å²) in [5, 5.41) is 7.99. The van der Waals surface area contributed by atoms with Crippen LogP contribution in [0.15, 0.2) is 24.3 Å². The molecule has 0 saturated carbocycles. The number of halogens is 1. The molecule has 2 aliphatic heterocycles. The summed E-state index contributed by atoms with van der Waals surface area (Å²) in [5.74, 6) is -0.301. The molecule has 3 heterocycles. The monoisotopic (exact) mass is 383 g/mol. The topological polar surface area (TPSA) is 53.4 Å². The highest BCUT2D eigenvalue weighted by Gasteiger charge is 2.35. The van der Waals surface area contributed by atoms with Gasteiger partial charge in [-0.25, -0.2) is 9.07 Å². The predicted molar refractivity (Wildman–Crippen MR) is 104 cm³/mol. The van der Waals surface area contributed by atoms with Crippen LogP contribution in [0.3, 0.4) is 0 Å². The molecular formula is C21H26FN5O. The summed E-state index contributed by atoms with van der Waals surface area (Å²) in [6, 6.07) is 7.09. The van der Waals surface area contributed by atoms with Gasteiger partial charge in [0, 0.05) is 56.6 Å². The van der Waals surface area contributed by atoms with E-state index >= 15 is 0 Å². The van der Waals surface area contributed by atoms with Gasteiger partial charge >= 0.3 is 0 Å². The summed E-state index contributed by atoms with van der Waals surface area (Å²) in [6.07, 6.45) is 3.69. The second kappa shape index (κ2) is 7.29. The van der Waals surface area contributed by atoms with Crippen LogP contribution in [-0.4, -0.2) is 70.8 Å². The molecule has 1 aliphatic carbocycles. The van der Waals surface area contributed by atoms with Gasteiger partial charge in [-0.15, -0.1) is 0 Å². The van der Waals surface area contributed by atoms with Crippen molar-refractivity contribution in [1.29, 1.82) is 0 Å². The molecule has 2 fully saturated rings. The van der Waals surface area contributed by atoms with Crippen molar-refractivity contribution in [2.24, 2.45) is 0 Å². The Labute approximate surface area is 164 Å². The predicted octanol–water partition coefficient (Wildman–Crippen LogP) is 1.62. The maximum atomic E-state index is 14.3. The van der Waals surface area contributed by atoms with Gasteiger partial charge in [-0.1, -0.05) is 12.1 Å². The zero-order valence-electron chi connectivity index (χ0n) is 16.0. The number of carbonyl (C=O) groups excluding carboxylic acids is 1. The number of hydrogen-bond donors (Lipinski definition) is 1. The average molecular weight is 383 g/mol. The summed E-state index contributed by atoms with van der Waals surface area (Å²) in [5.41, 5.74) is 2.96. The molecule has 1 aromatic carbocycles. The number of aromatic nitrogens is 2. The van der Waals surface area contributed by atoms with Gasteiger partial charge in [0.05, 0.1) is 0 Å². The maximum absolute atomic E-state index is 14.3. The number of carbonyl (C=O) groups is 1. The Balaban J connectivity index is 1.40. The standard InChI is InChI=1S/C21H26FN5O/c22-17-5-1-2-6-19(17)27-18-7-3-4-16(18)20(24-27)21(28)26-11-8-15(14-26)25-12-9-23-10-13-25/h1-2,5-6,15,23H,3-4,7-14H2. The molecule has 7 heteroatoms. The fourth-order valence-corrected chi connectivity index (χ4v) is 4.85. The lowest BCUT2D eigenvalue weighted by molar-refractivity contribution is 0.0766. The lowest BCUT2D eigenvalue weighted by Crippen LogP contribution is -2.49. The van der Waals surface area contributed by atoms with Crippen LogP contribution in [0, 0.1) is 5.82 Å². The average Bonchev–Trinajstić information content (AvgIpc) is 3.45. The van der Waals surface area contributed by atoms with Gasteiger partial charge < -0.3 is 10.2 Å². The number of amides is 1. The number of piperazine rings is 1. The quantitative estimate of drug-likeness (QED) is 0.875. The van der Waals surface area contributed by atoms with Crippen molar-refractivity contribution in [3.8, 4) is 5.69 Å². The highest BCUT2D eigenvalue weighted by molar-refractivity contribution is 5.94. The van der Waals surface area contributed by atoms with E-state index in [-0.39, 0.29) is 11.7 Å². The molecule has 2 aromatic rings. The van der Waals surface area contributed by atoms with Crippen molar-refractivity contribution in [1.82, 2.24) is 24.9 Å². The smallest absolute Gasteiger partial charge is 0.274 e. The van der Waals surface area contributed by atoms with Crippen LogP contribution in [0.2, 0.25) is 0 Å². The molecule has 0 bridgehead atoms. The number of hydrogen-bond acceptors (Lipinski definition) is 4. The van der Waals surface area contributed by atoms with E-state index in [9.17, 15) is 9.18 Å². The SMILES string of the molecule is O=C(c1nn(-c2ccccc2F)c2c1CCC2)N1CCC(N2CCNCC2)C1. The fourth-order valence-electron chi connectivity index (χ4n) is 4.85. The first kappa shape index (κ1) is 17.8. The Kier molecular flexibility index (Phi) is 4.64. The number of benzene rings is 1. The van der Waals surface area contributed by atoms with E-state index in [2.05, 4.69) is 15.3 Å². The van der Waals surface area contributed by atoms with Crippen molar-refractivity contribution < 1.29 is 9.18 Å². The second-order valence-corrected chi connectivity index (χ2v) is 7.97. The molecule has 1 N–H and O–H groups in total. The second-order valence-electron chi connectivity index (χ2n) is 7.97. The first-order valence-corrected chi connectivity index (χ1v) is 10.3. The third kappa shape index (κ3) is 3.02. The molecule has 5 rings (SSSR count). The first-order chi connectivity index (χ1) is 13.7. The Bertz CT molecular complexity index is 889. The third-order valence-electron chi connectivity index (χ3n) is 6.33. The van der Waals surface area contributed by atoms with Crippen molar-refractivity contribution in [2.45, 2.75) is 31.7 Å². The van der Waals surface area contributed by atoms with Gasteiger partial charge in [-0.2, -0.15) is 5.10 Å². The van der Waals surface area contributed by atoms with Gasteiger partial charge in [-0.3, -0.25) is 9.69 Å². The van der Waals surface area contributed by atoms with Crippen LogP contribution >= 0.6 is 0 Å². The zero-order chi connectivity index (χ0) is 19.1. The van der Waals surface area contributed by atoms with Gasteiger partial charge in [0.15, 0.2) is 5.69 Å². The number of fused-ring (bicyclic) bond motifs is 1. The number of nitrogens with zero attached hydrogens (tertiary/aromatic N) is 4. The van der Waals surface area contributed by atoms with Crippen LogP contribution < -0.4 is 5.32 Å². The number of likely N-dealkylation sites (tertiary alicyclic amines) is 1. The maximum Gasteiger partial charge on any atom is 0.274 e. The van der Waals surface area contributed by atoms with E-state index in [1.54, 1.807) is 16.8 Å². The molecule has 1 amide bonds. The molecular weight excluding hydrogens is 357 g/mol. The Morgan fingerprint density at radius 1 is 1.14 bits per heavy atom. The summed E-state index contributed by atoms with van der Waals surface area (Å²) >= 11 is 0. The molecule has 6 nitrogen and oxygen atoms in total. The van der Waals surface area contributed by atoms with Crippen LogP contribution in [0.4, 0.5) is 4.39 Å². The number of para-hydroxylation sites is 1. The zero-order valence-corrected chi connectivity index (χ0v) is 16.0. The van der Waals surface area contributed by atoms with Gasteiger partial charge in [0.2, 0.25) is 0 Å². The number of nitrogens with one attached hydrogen (secondary N) is 1. The summed E-state index contributed by atoms with van der Waals surface area (Å²) in [6.45, 7) is 5.67. The van der Waals surface area contributed by atoms with E-state index in [0.29, 0.717) is 17.4 Å². The highest BCUT2D eigenvalue weighted by Crippen LogP contribution is 2.30. The normalized spacial score (nSPS) is 22.6. The highest BCUT2D eigenvalue weighted by atomic mass is 19.1. The summed E-state index contributed by atoms with van der Waals surface area (Å²) in [7, 11) is 0. The van der Waals surface area contributed by atoms with E-state index in [4.69, 9.17) is 0 Å². The van der Waals surface area contributed by atoms with Crippen molar-refractivity contribution in [3.63, 3.8) is 0 Å². The molecule has 28 heavy (non-hydrogen) atoms. The van der Waals surface area contributed by atoms with Crippen molar-refractivity contribution in [3.05, 3.63) is 47.0 Å². The Morgan fingerprint density at radius 2 is 1.96 bits per heavy atom. The molecule has 1 atom stereocenters. The van der Waals surface area contributed by atoms with Gasteiger partial charge in [0.1, 0.15) is 11.5 Å². The first-order valence-electron chi connectivity index (χ1n) is 10.3.